The van der Waals surface area contributed by atoms with Gasteiger partial charge in [0.05, 0.1) is 86.6 Å². The van der Waals surface area contributed by atoms with Gasteiger partial charge < -0.3 is 23.7 Å². The summed E-state index contributed by atoms with van der Waals surface area (Å²) in [5.41, 5.74) is 7.61. The first-order chi connectivity index (χ1) is 58.5. The van der Waals surface area contributed by atoms with Gasteiger partial charge >= 0.3 is 0 Å². The predicted molar refractivity (Wildman–Crippen MR) is 449 cm³/mol. The van der Waals surface area contributed by atoms with Gasteiger partial charge in [0.15, 0.2) is 52.0 Å². The summed E-state index contributed by atoms with van der Waals surface area (Å²) in [6, 6.07) is 47.5. The van der Waals surface area contributed by atoms with Crippen molar-refractivity contribution in [1.82, 2.24) is 74.6 Å². The number of pyridine rings is 6. The van der Waals surface area contributed by atoms with Crippen LogP contribution in [0.1, 0.15) is 116 Å². The molecule has 0 atom stereocenters. The molecule has 608 valence electrons. The van der Waals surface area contributed by atoms with Gasteiger partial charge in [0, 0.05) is 104 Å². The number of halogens is 5. The Morgan fingerprint density at radius 3 is 1.24 bits per heavy atom. The lowest BCUT2D eigenvalue weighted by Crippen LogP contribution is -2.07. The Hall–Kier alpha value is -14.5. The lowest BCUT2D eigenvalue weighted by Gasteiger charge is -2.08. The summed E-state index contributed by atoms with van der Waals surface area (Å²) in [5, 5.41) is 5.33. The maximum absolute atomic E-state index is 13.9. The number of carbonyl (C=O) groups excluding carboxylic acids is 5. The number of carbonyl (C=O) groups is 5. The number of aromatic nitrogens is 15. The van der Waals surface area contributed by atoms with Crippen molar-refractivity contribution in [1.29, 1.82) is 0 Å². The molecule has 5 aromatic carbocycles. The van der Waals surface area contributed by atoms with Gasteiger partial charge in [0.2, 0.25) is 0 Å². The van der Waals surface area contributed by atoms with Gasteiger partial charge in [-0.25, -0.2) is 43.7 Å². The number of ketones is 5. The maximum Gasteiger partial charge on any atom is 0.170 e. The molecule has 0 aliphatic carbocycles. The lowest BCUT2D eigenvalue weighted by molar-refractivity contribution is 0.0982. The van der Waals surface area contributed by atoms with Crippen LogP contribution in [0.3, 0.4) is 0 Å². The zero-order valence-electron chi connectivity index (χ0n) is 65.8. The minimum absolute atomic E-state index is 0.0432. The summed E-state index contributed by atoms with van der Waals surface area (Å²) in [7, 11) is 1.80. The minimum atomic E-state index is -0.506. The van der Waals surface area contributed by atoms with E-state index in [1.54, 1.807) is 147 Å². The molecule has 25 nitrogen and oxygen atoms in total. The third kappa shape index (κ3) is 27.8. The molecule has 10 heterocycles. The second-order valence-electron chi connectivity index (χ2n) is 26.5. The summed E-state index contributed by atoms with van der Waals surface area (Å²) in [5.74, 6) is 4.85. The molecule has 30 heteroatoms. The van der Waals surface area contributed by atoms with Gasteiger partial charge in [-0.15, -0.1) is 0 Å². The van der Waals surface area contributed by atoms with E-state index in [1.807, 2.05) is 76.2 Å². The van der Waals surface area contributed by atoms with E-state index in [4.69, 9.17) is 58.5 Å². The van der Waals surface area contributed by atoms with Gasteiger partial charge in [-0.05, 0) is 190 Å². The third-order valence-corrected chi connectivity index (χ3v) is 17.6. The Kier molecular flexibility index (Phi) is 31.5. The van der Waals surface area contributed by atoms with Crippen LogP contribution >= 0.6 is 34.8 Å². The number of hydrogen-bond donors (Lipinski definition) is 0. The molecule has 0 bridgehead atoms. The first kappa shape index (κ1) is 87.3. The van der Waals surface area contributed by atoms with E-state index >= 15 is 0 Å². The number of Topliss-reactive ketones (excluding diaryl/α,β-unsaturated/α-hetero) is 5. The summed E-state index contributed by atoms with van der Waals surface area (Å²) in [6.45, 7) is 9.26. The molecule has 121 heavy (non-hydrogen) atoms. The highest BCUT2D eigenvalue weighted by Crippen LogP contribution is 2.31. The fraction of sp³-hybridized carbons (Fsp3) is 0.132. The standard InChI is InChI=1S/C19H15ClFN3O2.C19H16N2O2.C18H13ClFN3O2.C18H14ClN3O2.C17H16N4O2/c1-2-18-17(21)4-3-14(24-18)8-19(25)12-5-13(20)7-15(6-12)26-16-9-22-11-23-10-16;1-14-10-15(7-9-21-14)11-19(22)16-4-2-5-17(12-16)23-18-6-3-8-20-13-18;1-11-2-16(20)17(23-7-11)6-18(24)12-3-13(19)5-14(4-12)25-15-8-21-10-22-9-15;1-12-2-3-15(22-8-12)7-18(23)13-4-14(19)6-16(5-13)24-17-9-20-11-21-10-17;1-12-19-17(20-21(12)2)10-16(22)13-5-3-6-14(9-13)23-15-7-4-8-18-11-15/h3-7,9-11H,2,8H2,1H3;2-10,12-13H,11H2,1H3;2-5,7-10H,6H2,1H3;2-6,8-11H,7H2,1H3;3-9,11H,10H2,1-2H3. The van der Waals surface area contributed by atoms with Crippen LogP contribution in [0, 0.1) is 39.3 Å². The summed E-state index contributed by atoms with van der Waals surface area (Å²) < 4.78 is 57.4. The van der Waals surface area contributed by atoms with E-state index in [2.05, 4.69) is 69.9 Å². The molecule has 0 aliphatic heterocycles. The van der Waals surface area contributed by atoms with Gasteiger partial charge in [-0.1, -0.05) is 72.1 Å². The monoisotopic (exact) mass is 1680 g/mol. The van der Waals surface area contributed by atoms with Crippen LogP contribution in [0.25, 0.3) is 0 Å². The predicted octanol–water partition coefficient (Wildman–Crippen LogP) is 19.4. The molecule has 0 amide bonds. The largest absolute Gasteiger partial charge is 0.456 e. The first-order valence-electron chi connectivity index (χ1n) is 37.2. The normalized spacial score (nSPS) is 10.5. The van der Waals surface area contributed by atoms with Crippen LogP contribution in [0.15, 0.2) is 269 Å². The molecular formula is C91H74Cl3F2N15O10. The zero-order valence-corrected chi connectivity index (χ0v) is 68.1. The Bertz CT molecular complexity index is 6040. The number of rotatable bonds is 26. The highest BCUT2D eigenvalue weighted by Gasteiger charge is 2.19. The van der Waals surface area contributed by atoms with Gasteiger partial charge in [-0.3, -0.25) is 58.6 Å². The van der Waals surface area contributed by atoms with Crippen LogP contribution < -0.4 is 23.7 Å². The molecule has 0 unspecified atom stereocenters. The van der Waals surface area contributed by atoms with Gasteiger partial charge in [-0.2, -0.15) is 5.10 Å². The van der Waals surface area contributed by atoms with Gasteiger partial charge in [0.25, 0.3) is 0 Å². The number of nitrogens with zero attached hydrogens (tertiary/aromatic N) is 15. The van der Waals surface area contributed by atoms with E-state index in [1.165, 1.54) is 92.7 Å². The fourth-order valence-electron chi connectivity index (χ4n) is 11.1. The average molecular weight is 1680 g/mol. The van der Waals surface area contributed by atoms with E-state index in [0.29, 0.717) is 142 Å². The zero-order chi connectivity index (χ0) is 85.6. The molecule has 0 spiro atoms. The van der Waals surface area contributed by atoms with Crippen molar-refractivity contribution in [2.75, 3.05) is 0 Å². The Balaban J connectivity index is 0.000000148. The Labute approximate surface area is 709 Å². The lowest BCUT2D eigenvalue weighted by atomic mass is 10.0. The Morgan fingerprint density at radius 2 is 0.793 bits per heavy atom. The van der Waals surface area contributed by atoms with Crippen LogP contribution in [0.4, 0.5) is 8.78 Å². The summed E-state index contributed by atoms with van der Waals surface area (Å²) >= 11 is 18.3. The Morgan fingerprint density at radius 1 is 0.355 bits per heavy atom. The van der Waals surface area contributed by atoms with Gasteiger partial charge in [0.1, 0.15) is 76.7 Å². The number of hydrogen-bond acceptors (Lipinski definition) is 24. The number of ether oxygens (including phenoxy) is 5. The van der Waals surface area contributed by atoms with E-state index in [9.17, 15) is 32.8 Å². The molecule has 15 rings (SSSR count). The maximum atomic E-state index is 13.9. The molecule has 0 saturated carbocycles. The smallest absolute Gasteiger partial charge is 0.170 e. The number of benzene rings is 5. The van der Waals surface area contributed by atoms with Crippen LogP contribution in [0.2, 0.25) is 15.1 Å². The average Bonchev–Trinajstić information content (AvgIpc) is 1.83. The highest BCUT2D eigenvalue weighted by molar-refractivity contribution is 6.32. The first-order valence-corrected chi connectivity index (χ1v) is 38.3. The molecule has 0 radical (unpaired) electrons. The quantitative estimate of drug-likeness (QED) is 0.0455. The second-order valence-corrected chi connectivity index (χ2v) is 27.9. The molecule has 10 aromatic heterocycles. The molecular weight excluding hydrogens is 1610 g/mol. The summed E-state index contributed by atoms with van der Waals surface area (Å²) in [6.07, 6.45) is 25.9. The molecule has 0 saturated heterocycles. The van der Waals surface area contributed by atoms with Crippen LogP contribution in [0.5, 0.6) is 57.5 Å². The van der Waals surface area contributed by atoms with Crippen molar-refractivity contribution in [3.05, 3.63) is 381 Å². The molecule has 0 N–H and O–H groups in total. The number of aryl methyl sites for hydroxylation is 6. The molecule has 0 aliphatic rings. The topological polar surface area (TPSA) is 317 Å². The SMILES string of the molecule is CCc1nc(CC(=O)c2cc(Cl)cc(Oc3cncnc3)c2)ccc1F.Cc1cc(CC(=O)c2cccc(Oc3cccnc3)c2)ccn1.Cc1ccc(CC(=O)c2cc(Cl)cc(Oc3cncnc3)c2)nc1.Cc1cnc(CC(=O)c2cc(Cl)cc(Oc3cncnc3)c2)c(F)c1.Cc1nc(CC(=O)c2cccc(Oc3cccnc3)c2)nn1C. The fourth-order valence-corrected chi connectivity index (χ4v) is 11.8. The molecule has 0 fully saturated rings. The van der Waals surface area contributed by atoms with Crippen molar-refractivity contribution >= 4 is 63.7 Å². The summed E-state index contributed by atoms with van der Waals surface area (Å²) in [4.78, 5) is 114. The second kappa shape index (κ2) is 43.6. The highest BCUT2D eigenvalue weighted by atomic mass is 35.5. The third-order valence-electron chi connectivity index (χ3n) is 17.0. The minimum Gasteiger partial charge on any atom is -0.456 e. The molecule has 15 aromatic rings. The van der Waals surface area contributed by atoms with Crippen molar-refractivity contribution in [2.24, 2.45) is 7.05 Å². The van der Waals surface area contributed by atoms with Crippen molar-refractivity contribution in [3.8, 4) is 57.5 Å². The van der Waals surface area contributed by atoms with Crippen LogP contribution in [-0.4, -0.2) is 103 Å². The van der Waals surface area contributed by atoms with Crippen molar-refractivity contribution < 1.29 is 56.4 Å². The van der Waals surface area contributed by atoms with Crippen LogP contribution in [-0.2, 0) is 45.6 Å². The van der Waals surface area contributed by atoms with E-state index in [0.717, 1.165) is 22.6 Å². The van der Waals surface area contributed by atoms with E-state index < -0.39 is 5.82 Å². The van der Waals surface area contributed by atoms with E-state index in [-0.39, 0.29) is 66.1 Å². The van der Waals surface area contributed by atoms with Crippen molar-refractivity contribution in [2.45, 2.75) is 73.1 Å². The van der Waals surface area contributed by atoms with Crippen molar-refractivity contribution in [3.63, 3.8) is 0 Å².